The van der Waals surface area contributed by atoms with Crippen molar-refractivity contribution in [3.8, 4) is 5.82 Å². The maximum absolute atomic E-state index is 13.0. The van der Waals surface area contributed by atoms with E-state index in [1.54, 1.807) is 6.20 Å². The van der Waals surface area contributed by atoms with Crippen molar-refractivity contribution in [1.29, 1.82) is 0 Å². The highest BCUT2D eigenvalue weighted by atomic mass is 16.1. The third kappa shape index (κ3) is 5.48. The van der Waals surface area contributed by atoms with Crippen molar-refractivity contribution in [1.82, 2.24) is 29.7 Å². The van der Waals surface area contributed by atoms with Crippen molar-refractivity contribution >= 4 is 16.8 Å². The number of likely N-dealkylation sites (tertiary alicyclic amines) is 1. The minimum absolute atomic E-state index is 0.0265. The Hall–Kier alpha value is -3.58. The molecule has 0 spiro atoms. The Morgan fingerprint density at radius 2 is 1.68 bits per heavy atom. The second-order valence-corrected chi connectivity index (χ2v) is 10.8. The van der Waals surface area contributed by atoms with E-state index in [1.165, 1.54) is 25.8 Å². The third-order valence-corrected chi connectivity index (χ3v) is 8.44. The summed E-state index contributed by atoms with van der Waals surface area (Å²) in [6.45, 7) is 3.43. The number of benzene rings is 1. The number of rotatable bonds is 7. The van der Waals surface area contributed by atoms with E-state index in [0.717, 1.165) is 72.8 Å². The number of carbonyl (C=O) groups is 1. The number of hydrogen-bond donors (Lipinski definition) is 1. The van der Waals surface area contributed by atoms with Gasteiger partial charge in [-0.2, -0.15) is 0 Å². The SMILES string of the molecule is O=C(NC1CCC(CCN2CCC(c3nccn3-c3ccccn3)CC2)CC1)c1cccc2ncccc12. The first-order valence-corrected chi connectivity index (χ1v) is 14.1. The van der Waals surface area contributed by atoms with E-state index in [1.807, 2.05) is 67.1 Å². The molecule has 0 atom stereocenters. The highest BCUT2D eigenvalue weighted by Gasteiger charge is 2.27. The Bertz CT molecular complexity index is 1350. The lowest BCUT2D eigenvalue weighted by molar-refractivity contribution is 0.0921. The Morgan fingerprint density at radius 3 is 2.50 bits per heavy atom. The lowest BCUT2D eigenvalue weighted by Gasteiger charge is -2.34. The van der Waals surface area contributed by atoms with Gasteiger partial charge in [0, 0.05) is 47.7 Å². The lowest BCUT2D eigenvalue weighted by atomic mass is 9.83. The fourth-order valence-electron chi connectivity index (χ4n) is 6.25. The van der Waals surface area contributed by atoms with Gasteiger partial charge in [-0.05, 0) is 101 Å². The van der Waals surface area contributed by atoms with E-state index in [0.29, 0.717) is 5.92 Å². The molecule has 1 amide bonds. The van der Waals surface area contributed by atoms with Crippen molar-refractivity contribution in [2.75, 3.05) is 19.6 Å². The number of imidazole rings is 1. The molecule has 7 nitrogen and oxygen atoms in total. The molecule has 6 rings (SSSR count). The van der Waals surface area contributed by atoms with Crippen LogP contribution in [-0.4, -0.2) is 56.0 Å². The number of hydrogen-bond acceptors (Lipinski definition) is 5. The normalized spacial score (nSPS) is 20.9. The molecule has 38 heavy (non-hydrogen) atoms. The number of fused-ring (bicyclic) bond motifs is 1. The molecule has 1 saturated carbocycles. The van der Waals surface area contributed by atoms with Crippen molar-refractivity contribution < 1.29 is 4.79 Å². The molecule has 2 fully saturated rings. The Balaban J connectivity index is 0.943. The highest BCUT2D eigenvalue weighted by Crippen LogP contribution is 2.31. The smallest absolute Gasteiger partial charge is 0.252 e. The van der Waals surface area contributed by atoms with Crippen LogP contribution in [0.25, 0.3) is 16.7 Å². The molecule has 2 aliphatic rings. The number of carbonyl (C=O) groups excluding carboxylic acids is 1. The first kappa shape index (κ1) is 24.7. The second kappa shape index (κ2) is 11.4. The van der Waals surface area contributed by atoms with Gasteiger partial charge < -0.3 is 10.2 Å². The third-order valence-electron chi connectivity index (χ3n) is 8.44. The molecule has 3 aromatic heterocycles. The number of nitrogens with one attached hydrogen (secondary N) is 1. The molecule has 0 bridgehead atoms. The Kier molecular flexibility index (Phi) is 7.45. The molecule has 1 aromatic carbocycles. The van der Waals surface area contributed by atoms with Gasteiger partial charge in [-0.25, -0.2) is 9.97 Å². The highest BCUT2D eigenvalue weighted by molar-refractivity contribution is 6.06. The van der Waals surface area contributed by atoms with Crippen LogP contribution in [0.5, 0.6) is 0 Å². The summed E-state index contributed by atoms with van der Waals surface area (Å²) in [4.78, 5) is 29.2. The van der Waals surface area contributed by atoms with Crippen LogP contribution >= 0.6 is 0 Å². The van der Waals surface area contributed by atoms with Crippen molar-refractivity contribution in [2.24, 2.45) is 5.92 Å². The minimum Gasteiger partial charge on any atom is -0.349 e. The molecular formula is C31H36N6O. The molecular weight excluding hydrogens is 472 g/mol. The zero-order valence-corrected chi connectivity index (χ0v) is 21.9. The van der Waals surface area contributed by atoms with E-state index < -0.39 is 0 Å². The summed E-state index contributed by atoms with van der Waals surface area (Å²) < 4.78 is 2.15. The number of amides is 1. The topological polar surface area (TPSA) is 75.9 Å². The molecule has 4 aromatic rings. The first-order chi connectivity index (χ1) is 18.7. The average Bonchev–Trinajstić information content (AvgIpc) is 3.47. The van der Waals surface area contributed by atoms with Crippen LogP contribution in [0, 0.1) is 5.92 Å². The second-order valence-electron chi connectivity index (χ2n) is 10.8. The van der Waals surface area contributed by atoms with Gasteiger partial charge in [0.05, 0.1) is 5.52 Å². The monoisotopic (exact) mass is 508 g/mol. The fraction of sp³-hybridized carbons (Fsp3) is 0.419. The summed E-state index contributed by atoms with van der Waals surface area (Å²) in [5.41, 5.74) is 1.59. The van der Waals surface area contributed by atoms with Crippen LogP contribution in [0.15, 0.2) is 73.3 Å². The molecule has 196 valence electrons. The van der Waals surface area contributed by atoms with E-state index >= 15 is 0 Å². The van der Waals surface area contributed by atoms with Gasteiger partial charge in [0.25, 0.3) is 5.91 Å². The molecule has 4 heterocycles. The first-order valence-electron chi connectivity index (χ1n) is 14.1. The quantitative estimate of drug-likeness (QED) is 0.363. The molecule has 1 N–H and O–H groups in total. The van der Waals surface area contributed by atoms with Crippen LogP contribution in [0.4, 0.5) is 0 Å². The fourth-order valence-corrected chi connectivity index (χ4v) is 6.25. The van der Waals surface area contributed by atoms with Gasteiger partial charge in [0.2, 0.25) is 0 Å². The summed E-state index contributed by atoms with van der Waals surface area (Å²) >= 11 is 0. The van der Waals surface area contributed by atoms with E-state index in [4.69, 9.17) is 4.98 Å². The van der Waals surface area contributed by atoms with Crippen LogP contribution in [0.2, 0.25) is 0 Å². The average molecular weight is 509 g/mol. The number of aromatic nitrogens is 4. The number of nitrogens with zero attached hydrogens (tertiary/aromatic N) is 5. The van der Waals surface area contributed by atoms with Gasteiger partial charge >= 0.3 is 0 Å². The molecule has 1 saturated heterocycles. The standard InChI is InChI=1S/C31H36N6O/c38-31(27-5-3-7-28-26(27)6-4-17-32-28)35-25-11-9-23(10-12-25)13-19-36-20-14-24(15-21-36)30-34-18-22-37(30)29-8-1-2-16-33-29/h1-8,16-18,22-25H,9-15,19-21H2,(H,35,38). The van der Waals surface area contributed by atoms with Gasteiger partial charge in [-0.15, -0.1) is 0 Å². The molecule has 0 unspecified atom stereocenters. The zero-order valence-electron chi connectivity index (χ0n) is 21.9. The van der Waals surface area contributed by atoms with Gasteiger partial charge in [-0.3, -0.25) is 14.3 Å². The number of pyridine rings is 2. The van der Waals surface area contributed by atoms with Crippen LogP contribution in [-0.2, 0) is 0 Å². The maximum atomic E-state index is 13.0. The van der Waals surface area contributed by atoms with Gasteiger partial charge in [-0.1, -0.05) is 18.2 Å². The van der Waals surface area contributed by atoms with Crippen molar-refractivity contribution in [2.45, 2.75) is 56.9 Å². The van der Waals surface area contributed by atoms with Gasteiger partial charge in [0.15, 0.2) is 0 Å². The largest absolute Gasteiger partial charge is 0.349 e. The van der Waals surface area contributed by atoms with E-state index in [-0.39, 0.29) is 11.9 Å². The molecule has 1 aliphatic heterocycles. The summed E-state index contributed by atoms with van der Waals surface area (Å²) in [5, 5.41) is 4.22. The van der Waals surface area contributed by atoms with Crippen molar-refractivity contribution in [3.05, 3.63) is 84.7 Å². The summed E-state index contributed by atoms with van der Waals surface area (Å²) in [7, 11) is 0. The minimum atomic E-state index is 0.0265. The van der Waals surface area contributed by atoms with Crippen LogP contribution in [0.1, 0.15) is 67.0 Å². The van der Waals surface area contributed by atoms with E-state index in [9.17, 15) is 4.79 Å². The van der Waals surface area contributed by atoms with Gasteiger partial charge in [0.1, 0.15) is 11.6 Å². The number of piperidine rings is 1. The Morgan fingerprint density at radius 1 is 0.842 bits per heavy atom. The van der Waals surface area contributed by atoms with E-state index in [2.05, 4.69) is 24.8 Å². The summed E-state index contributed by atoms with van der Waals surface area (Å²) in [5.74, 6) is 3.36. The summed E-state index contributed by atoms with van der Waals surface area (Å²) in [6, 6.07) is 15.9. The molecule has 7 heteroatoms. The zero-order chi connectivity index (χ0) is 25.7. The predicted molar refractivity (Wildman–Crippen MR) is 149 cm³/mol. The maximum Gasteiger partial charge on any atom is 0.252 e. The molecule has 1 aliphatic carbocycles. The molecule has 0 radical (unpaired) electrons. The van der Waals surface area contributed by atoms with Crippen LogP contribution < -0.4 is 5.32 Å². The Labute approximate surface area is 224 Å². The lowest BCUT2D eigenvalue weighted by Crippen LogP contribution is -2.39. The summed E-state index contributed by atoms with van der Waals surface area (Å²) in [6.07, 6.45) is 15.6. The van der Waals surface area contributed by atoms with Crippen molar-refractivity contribution in [3.63, 3.8) is 0 Å². The van der Waals surface area contributed by atoms with Crippen LogP contribution in [0.3, 0.4) is 0 Å². The predicted octanol–water partition coefficient (Wildman–Crippen LogP) is 5.37.